The van der Waals surface area contributed by atoms with E-state index in [1.54, 1.807) is 12.3 Å². The van der Waals surface area contributed by atoms with Gasteiger partial charge in [-0.25, -0.2) is 4.39 Å². The van der Waals surface area contributed by atoms with Crippen LogP contribution in [0.25, 0.3) is 5.69 Å². The lowest BCUT2D eigenvalue weighted by Crippen LogP contribution is -2.32. The van der Waals surface area contributed by atoms with Crippen molar-refractivity contribution in [2.45, 2.75) is 39.3 Å². The minimum atomic E-state index is -0.284. The highest BCUT2D eigenvalue weighted by Gasteiger charge is 2.41. The monoisotopic (exact) mass is 527 g/mol. The first-order chi connectivity index (χ1) is 18.3. The van der Waals surface area contributed by atoms with Crippen molar-refractivity contribution in [2.75, 3.05) is 11.9 Å². The van der Waals surface area contributed by atoms with E-state index in [-0.39, 0.29) is 30.2 Å². The lowest BCUT2D eigenvalue weighted by molar-refractivity contribution is -0.116. The van der Waals surface area contributed by atoms with Gasteiger partial charge in [0.1, 0.15) is 5.82 Å². The molecule has 1 aliphatic rings. The zero-order valence-electron chi connectivity index (χ0n) is 21.6. The third-order valence-corrected chi connectivity index (χ3v) is 7.32. The maximum Gasteiger partial charge on any atom is 0.226 e. The highest BCUT2D eigenvalue weighted by molar-refractivity contribution is 7.80. The molecule has 2 aromatic carbocycles. The topological polar surface area (TPSA) is 62.2 Å². The van der Waals surface area contributed by atoms with Crippen LogP contribution in [0.4, 0.5) is 10.1 Å². The van der Waals surface area contributed by atoms with Gasteiger partial charge in [0, 0.05) is 41.9 Å². The molecule has 4 aromatic rings. The molecule has 0 saturated carbocycles. The molecule has 2 atom stereocenters. The number of amides is 1. The predicted molar refractivity (Wildman–Crippen MR) is 152 cm³/mol. The van der Waals surface area contributed by atoms with Gasteiger partial charge < -0.3 is 20.1 Å². The van der Waals surface area contributed by atoms with Crippen molar-refractivity contribution in [1.82, 2.24) is 19.8 Å². The predicted octanol–water partition coefficient (Wildman–Crippen LogP) is 5.94. The molecule has 194 valence electrons. The summed E-state index contributed by atoms with van der Waals surface area (Å²) < 4.78 is 16.1. The highest BCUT2D eigenvalue weighted by atomic mass is 32.1. The molecule has 2 aromatic heterocycles. The fourth-order valence-corrected chi connectivity index (χ4v) is 5.50. The second-order valence-corrected chi connectivity index (χ2v) is 10.0. The van der Waals surface area contributed by atoms with Gasteiger partial charge in [-0.3, -0.25) is 9.78 Å². The van der Waals surface area contributed by atoms with Crippen LogP contribution in [0.3, 0.4) is 0 Å². The molecular formula is C30H30FN5OS. The van der Waals surface area contributed by atoms with Crippen LogP contribution < -0.4 is 10.6 Å². The van der Waals surface area contributed by atoms with E-state index in [0.29, 0.717) is 11.7 Å². The van der Waals surface area contributed by atoms with E-state index in [2.05, 4.69) is 31.2 Å². The number of pyridine rings is 1. The van der Waals surface area contributed by atoms with Crippen LogP contribution in [0.2, 0.25) is 0 Å². The minimum Gasteiger partial charge on any atom is -0.352 e. The number of thiocarbonyl (C=S) groups is 1. The van der Waals surface area contributed by atoms with Gasteiger partial charge in [-0.1, -0.05) is 29.8 Å². The van der Waals surface area contributed by atoms with Crippen LogP contribution in [-0.4, -0.2) is 32.0 Å². The van der Waals surface area contributed by atoms with Gasteiger partial charge in [0.05, 0.1) is 17.8 Å². The number of hydrogen-bond acceptors (Lipinski definition) is 3. The number of anilines is 1. The minimum absolute atomic E-state index is 0.0816. The Labute approximate surface area is 227 Å². The van der Waals surface area contributed by atoms with E-state index in [9.17, 15) is 9.18 Å². The molecule has 1 aliphatic heterocycles. The van der Waals surface area contributed by atoms with Crippen molar-refractivity contribution >= 4 is 28.9 Å². The molecule has 6 nitrogen and oxygen atoms in total. The summed E-state index contributed by atoms with van der Waals surface area (Å²) in [5, 5.41) is 7.00. The second kappa shape index (κ2) is 10.8. The number of halogens is 1. The molecule has 1 saturated heterocycles. The van der Waals surface area contributed by atoms with Gasteiger partial charge in [0.2, 0.25) is 5.91 Å². The maximum absolute atomic E-state index is 14.1. The standard InChI is InChI=1S/C30H30FN5OS/c1-19-10-12-23(13-11-19)33-27(37)14-16-35-29(28(34-30(35)38)26-9-4-5-15-32-26)25-17-20(2)36(21(25)3)24-8-6-7-22(31)18-24/h4-13,15,17-18,28-29H,14,16H2,1-3H3,(H,33,37)(H,34,38)/t28-,29+/m1/s1. The Kier molecular flexibility index (Phi) is 7.24. The number of rotatable bonds is 7. The number of carbonyl (C=O) groups is 1. The summed E-state index contributed by atoms with van der Waals surface area (Å²) in [6.45, 7) is 6.49. The molecule has 0 unspecified atom stereocenters. The first kappa shape index (κ1) is 25.6. The van der Waals surface area contributed by atoms with Crippen molar-refractivity contribution in [2.24, 2.45) is 0 Å². The Hall–Kier alpha value is -4.04. The summed E-state index contributed by atoms with van der Waals surface area (Å²) in [7, 11) is 0. The molecule has 8 heteroatoms. The fraction of sp³-hybridized carbons (Fsp3) is 0.233. The smallest absolute Gasteiger partial charge is 0.226 e. The maximum atomic E-state index is 14.1. The summed E-state index contributed by atoms with van der Waals surface area (Å²) in [5.74, 6) is -0.366. The van der Waals surface area contributed by atoms with E-state index in [1.165, 1.54) is 12.1 Å². The first-order valence-corrected chi connectivity index (χ1v) is 13.0. The Balaban J connectivity index is 1.46. The number of aryl methyl sites for hydroxylation is 2. The van der Waals surface area contributed by atoms with E-state index in [1.807, 2.05) is 69.3 Å². The molecule has 0 radical (unpaired) electrons. The van der Waals surface area contributed by atoms with E-state index in [0.717, 1.165) is 39.6 Å². The summed E-state index contributed by atoms with van der Waals surface area (Å²) in [4.78, 5) is 19.5. The molecule has 2 N–H and O–H groups in total. The van der Waals surface area contributed by atoms with Crippen molar-refractivity contribution in [3.8, 4) is 5.69 Å². The normalized spacial score (nSPS) is 16.9. The third kappa shape index (κ3) is 5.17. The van der Waals surface area contributed by atoms with Gasteiger partial charge in [-0.05, 0) is 87.1 Å². The van der Waals surface area contributed by atoms with Crippen LogP contribution in [0.5, 0.6) is 0 Å². The molecule has 1 fully saturated rings. The fourth-order valence-electron chi connectivity index (χ4n) is 5.17. The summed E-state index contributed by atoms with van der Waals surface area (Å²) in [6, 6.07) is 21.9. The van der Waals surface area contributed by atoms with Crippen molar-refractivity contribution < 1.29 is 9.18 Å². The molecule has 38 heavy (non-hydrogen) atoms. The van der Waals surface area contributed by atoms with Gasteiger partial charge in [0.25, 0.3) is 0 Å². The number of aromatic nitrogens is 2. The number of carbonyl (C=O) groups excluding carboxylic acids is 1. The zero-order valence-corrected chi connectivity index (χ0v) is 22.4. The average molecular weight is 528 g/mol. The van der Waals surface area contributed by atoms with Crippen LogP contribution in [-0.2, 0) is 4.79 Å². The van der Waals surface area contributed by atoms with Gasteiger partial charge in [0.15, 0.2) is 5.11 Å². The Morgan fingerprint density at radius 2 is 1.84 bits per heavy atom. The van der Waals surface area contributed by atoms with Crippen molar-refractivity contribution in [3.63, 3.8) is 0 Å². The summed E-state index contributed by atoms with van der Waals surface area (Å²) in [6.07, 6.45) is 2.04. The Bertz CT molecular complexity index is 1470. The number of nitrogens with zero attached hydrogens (tertiary/aromatic N) is 3. The van der Waals surface area contributed by atoms with E-state index in [4.69, 9.17) is 12.2 Å². The van der Waals surface area contributed by atoms with Gasteiger partial charge in [-0.15, -0.1) is 0 Å². The van der Waals surface area contributed by atoms with Crippen molar-refractivity contribution in [3.05, 3.63) is 113 Å². The van der Waals surface area contributed by atoms with Gasteiger partial charge >= 0.3 is 0 Å². The second-order valence-electron chi connectivity index (χ2n) is 9.63. The lowest BCUT2D eigenvalue weighted by atomic mass is 9.96. The van der Waals surface area contributed by atoms with Crippen LogP contribution in [0, 0.1) is 26.6 Å². The molecule has 0 bridgehead atoms. The molecule has 3 heterocycles. The van der Waals surface area contributed by atoms with E-state index >= 15 is 0 Å². The van der Waals surface area contributed by atoms with Crippen LogP contribution in [0.1, 0.15) is 46.7 Å². The van der Waals surface area contributed by atoms with Crippen molar-refractivity contribution in [1.29, 1.82) is 0 Å². The molecule has 0 aliphatic carbocycles. The molecular weight excluding hydrogens is 497 g/mol. The Morgan fingerprint density at radius 3 is 2.55 bits per heavy atom. The molecule has 1 amide bonds. The highest BCUT2D eigenvalue weighted by Crippen LogP contribution is 2.41. The Morgan fingerprint density at radius 1 is 1.05 bits per heavy atom. The van der Waals surface area contributed by atoms with Gasteiger partial charge in [-0.2, -0.15) is 0 Å². The number of nitrogens with one attached hydrogen (secondary N) is 2. The zero-order chi connectivity index (χ0) is 26.8. The van der Waals surface area contributed by atoms with E-state index < -0.39 is 0 Å². The quantitative estimate of drug-likeness (QED) is 0.292. The first-order valence-electron chi connectivity index (χ1n) is 12.6. The largest absolute Gasteiger partial charge is 0.352 e. The molecule has 0 spiro atoms. The third-order valence-electron chi connectivity index (χ3n) is 6.97. The SMILES string of the molecule is Cc1ccc(NC(=O)CCN2C(=S)N[C@H](c3ccccn3)[C@@H]2c2cc(C)n(-c3cccc(F)c3)c2C)cc1. The van der Waals surface area contributed by atoms with Crippen LogP contribution in [0.15, 0.2) is 79.0 Å². The summed E-state index contributed by atoms with van der Waals surface area (Å²) >= 11 is 5.78. The average Bonchev–Trinajstić information content (AvgIpc) is 3.39. The number of hydrogen-bond donors (Lipinski definition) is 2. The van der Waals surface area contributed by atoms with Crippen LogP contribution >= 0.6 is 12.2 Å². The number of benzene rings is 2. The lowest BCUT2D eigenvalue weighted by Gasteiger charge is -2.28. The summed E-state index contributed by atoms with van der Waals surface area (Å²) in [5.41, 5.74) is 6.55. The molecule has 5 rings (SSSR count).